The van der Waals surface area contributed by atoms with Gasteiger partial charge in [-0.3, -0.25) is 0 Å². The van der Waals surface area contributed by atoms with Gasteiger partial charge in [-0.2, -0.15) is 0 Å². The highest BCUT2D eigenvalue weighted by Crippen LogP contribution is 2.12. The molecule has 2 N–H and O–H groups in total. The Bertz CT molecular complexity index is 369. The van der Waals surface area contributed by atoms with E-state index < -0.39 is 0 Å². The summed E-state index contributed by atoms with van der Waals surface area (Å²) in [5.74, 6) is 0.650. The van der Waals surface area contributed by atoms with Gasteiger partial charge in [0.15, 0.2) is 0 Å². The first-order chi connectivity index (χ1) is 8.19. The second kappa shape index (κ2) is 6.85. The number of ether oxygens (including phenoxy) is 1. The molecule has 17 heavy (non-hydrogen) atoms. The monoisotopic (exact) mass is 237 g/mol. The Morgan fingerprint density at radius 3 is 2.94 bits per heavy atom. The number of aromatic nitrogens is 1. The van der Waals surface area contributed by atoms with Crippen molar-refractivity contribution >= 4 is 11.8 Å². The Morgan fingerprint density at radius 2 is 2.29 bits per heavy atom. The third-order valence-electron chi connectivity index (χ3n) is 2.38. The zero-order valence-corrected chi connectivity index (χ0v) is 10.5. The molecule has 1 rings (SSSR count). The van der Waals surface area contributed by atoms with E-state index >= 15 is 0 Å². The van der Waals surface area contributed by atoms with Gasteiger partial charge in [-0.05, 0) is 31.6 Å². The second-order valence-electron chi connectivity index (χ2n) is 3.93. The van der Waals surface area contributed by atoms with Crippen LogP contribution >= 0.6 is 0 Å². The quantitative estimate of drug-likeness (QED) is 0.726. The Kier molecular flexibility index (Phi) is 5.42. The number of pyridine rings is 1. The SMILES string of the molecule is CNCC(C)CNc1ncccc1C(=O)OC. The van der Waals surface area contributed by atoms with E-state index in [1.165, 1.54) is 7.11 Å². The lowest BCUT2D eigenvalue weighted by Crippen LogP contribution is -2.23. The zero-order chi connectivity index (χ0) is 12.7. The molecule has 0 aromatic carbocycles. The predicted molar refractivity (Wildman–Crippen MR) is 67.2 cm³/mol. The van der Waals surface area contributed by atoms with Crippen LogP contribution in [0.3, 0.4) is 0 Å². The Hall–Kier alpha value is -1.62. The molecule has 1 heterocycles. The zero-order valence-electron chi connectivity index (χ0n) is 10.5. The van der Waals surface area contributed by atoms with Gasteiger partial charge in [-0.1, -0.05) is 6.92 Å². The highest BCUT2D eigenvalue weighted by Gasteiger charge is 2.12. The van der Waals surface area contributed by atoms with Gasteiger partial charge in [-0.25, -0.2) is 9.78 Å². The van der Waals surface area contributed by atoms with Crippen LogP contribution in [0.5, 0.6) is 0 Å². The second-order valence-corrected chi connectivity index (χ2v) is 3.93. The van der Waals surface area contributed by atoms with Crippen LogP contribution in [0.1, 0.15) is 17.3 Å². The average molecular weight is 237 g/mol. The van der Waals surface area contributed by atoms with E-state index in [0.717, 1.165) is 13.1 Å². The van der Waals surface area contributed by atoms with Crippen LogP contribution in [-0.4, -0.2) is 38.2 Å². The van der Waals surface area contributed by atoms with Crippen molar-refractivity contribution in [1.29, 1.82) is 0 Å². The third-order valence-corrected chi connectivity index (χ3v) is 2.38. The molecule has 0 radical (unpaired) electrons. The maximum absolute atomic E-state index is 11.5. The van der Waals surface area contributed by atoms with E-state index in [9.17, 15) is 4.79 Å². The fourth-order valence-corrected chi connectivity index (χ4v) is 1.51. The molecule has 1 aromatic rings. The molecule has 5 nitrogen and oxygen atoms in total. The van der Waals surface area contributed by atoms with E-state index in [1.807, 2.05) is 7.05 Å². The molecule has 0 saturated heterocycles. The molecular weight excluding hydrogens is 218 g/mol. The van der Waals surface area contributed by atoms with E-state index in [1.54, 1.807) is 18.3 Å². The maximum Gasteiger partial charge on any atom is 0.341 e. The highest BCUT2D eigenvalue weighted by molar-refractivity contribution is 5.94. The maximum atomic E-state index is 11.5. The van der Waals surface area contributed by atoms with Crippen LogP contribution in [0, 0.1) is 5.92 Å². The smallest absolute Gasteiger partial charge is 0.341 e. The first-order valence-corrected chi connectivity index (χ1v) is 5.60. The minimum absolute atomic E-state index is 0.373. The molecular formula is C12H19N3O2. The molecule has 1 atom stereocenters. The number of carbonyl (C=O) groups is 1. The molecule has 0 spiro atoms. The molecule has 0 saturated carbocycles. The lowest BCUT2D eigenvalue weighted by atomic mass is 10.1. The molecule has 0 aliphatic carbocycles. The first kappa shape index (κ1) is 13.4. The summed E-state index contributed by atoms with van der Waals surface area (Å²) in [6, 6.07) is 3.42. The molecule has 1 unspecified atom stereocenters. The lowest BCUT2D eigenvalue weighted by Gasteiger charge is -2.14. The number of nitrogens with one attached hydrogen (secondary N) is 2. The summed E-state index contributed by atoms with van der Waals surface area (Å²) in [6.45, 7) is 3.78. The van der Waals surface area contributed by atoms with Crippen LogP contribution in [0.25, 0.3) is 0 Å². The van der Waals surface area contributed by atoms with Crippen molar-refractivity contribution < 1.29 is 9.53 Å². The van der Waals surface area contributed by atoms with Crippen LogP contribution in [0.4, 0.5) is 5.82 Å². The lowest BCUT2D eigenvalue weighted by molar-refractivity contribution is 0.0601. The van der Waals surface area contributed by atoms with Gasteiger partial charge in [0, 0.05) is 12.7 Å². The predicted octanol–water partition coefficient (Wildman–Crippen LogP) is 1.14. The fourth-order valence-electron chi connectivity index (χ4n) is 1.51. The van der Waals surface area contributed by atoms with E-state index in [0.29, 0.717) is 17.3 Å². The molecule has 0 fully saturated rings. The molecule has 0 amide bonds. The van der Waals surface area contributed by atoms with Gasteiger partial charge in [0.25, 0.3) is 0 Å². The van der Waals surface area contributed by atoms with Crippen LogP contribution < -0.4 is 10.6 Å². The molecule has 1 aromatic heterocycles. The standard InChI is InChI=1S/C12H19N3O2/c1-9(7-13-2)8-15-11-10(12(16)17-3)5-4-6-14-11/h4-6,9,13H,7-8H2,1-3H3,(H,14,15). The van der Waals surface area contributed by atoms with Crippen LogP contribution in [0.15, 0.2) is 18.3 Å². The van der Waals surface area contributed by atoms with Gasteiger partial charge < -0.3 is 15.4 Å². The number of hydrogen-bond donors (Lipinski definition) is 2. The Labute approximate surface area is 102 Å². The molecule has 94 valence electrons. The molecule has 5 heteroatoms. The van der Waals surface area contributed by atoms with Crippen LogP contribution in [-0.2, 0) is 4.74 Å². The number of anilines is 1. The van der Waals surface area contributed by atoms with Crippen molar-refractivity contribution in [2.45, 2.75) is 6.92 Å². The number of hydrogen-bond acceptors (Lipinski definition) is 5. The summed E-state index contributed by atoms with van der Waals surface area (Å²) < 4.78 is 4.70. The number of rotatable bonds is 6. The summed E-state index contributed by atoms with van der Waals surface area (Å²) in [7, 11) is 3.28. The Morgan fingerprint density at radius 1 is 1.53 bits per heavy atom. The minimum atomic E-state index is -0.373. The summed E-state index contributed by atoms with van der Waals surface area (Å²) in [5, 5.41) is 6.26. The normalized spacial score (nSPS) is 11.9. The third kappa shape index (κ3) is 4.03. The highest BCUT2D eigenvalue weighted by atomic mass is 16.5. The summed E-state index contributed by atoms with van der Waals surface area (Å²) >= 11 is 0. The van der Waals surface area contributed by atoms with Crippen molar-refractivity contribution in [2.24, 2.45) is 5.92 Å². The van der Waals surface area contributed by atoms with Gasteiger partial charge in [0.2, 0.25) is 0 Å². The minimum Gasteiger partial charge on any atom is -0.465 e. The van der Waals surface area contributed by atoms with Gasteiger partial charge in [0.05, 0.1) is 7.11 Å². The average Bonchev–Trinajstić information content (AvgIpc) is 2.36. The van der Waals surface area contributed by atoms with Gasteiger partial charge >= 0.3 is 5.97 Å². The number of nitrogens with zero attached hydrogens (tertiary/aromatic N) is 1. The number of esters is 1. The fraction of sp³-hybridized carbons (Fsp3) is 0.500. The summed E-state index contributed by atoms with van der Waals surface area (Å²) in [4.78, 5) is 15.6. The van der Waals surface area contributed by atoms with Gasteiger partial charge in [-0.15, -0.1) is 0 Å². The van der Waals surface area contributed by atoms with Crippen molar-refractivity contribution in [3.8, 4) is 0 Å². The topological polar surface area (TPSA) is 63.2 Å². The number of carbonyl (C=O) groups excluding carboxylic acids is 1. The van der Waals surface area contributed by atoms with Crippen LogP contribution in [0.2, 0.25) is 0 Å². The molecule has 0 aliphatic rings. The summed E-state index contributed by atoms with van der Waals surface area (Å²) in [6.07, 6.45) is 1.65. The van der Waals surface area contributed by atoms with E-state index in [2.05, 4.69) is 22.5 Å². The summed E-state index contributed by atoms with van der Waals surface area (Å²) in [5.41, 5.74) is 0.464. The van der Waals surface area contributed by atoms with Gasteiger partial charge in [0.1, 0.15) is 11.4 Å². The van der Waals surface area contributed by atoms with E-state index in [-0.39, 0.29) is 5.97 Å². The number of methoxy groups -OCH3 is 1. The molecule has 0 bridgehead atoms. The van der Waals surface area contributed by atoms with Crippen molar-refractivity contribution in [2.75, 3.05) is 32.6 Å². The largest absolute Gasteiger partial charge is 0.465 e. The van der Waals surface area contributed by atoms with E-state index in [4.69, 9.17) is 4.74 Å². The van der Waals surface area contributed by atoms with Crippen molar-refractivity contribution in [3.05, 3.63) is 23.9 Å². The van der Waals surface area contributed by atoms with Crippen molar-refractivity contribution in [3.63, 3.8) is 0 Å². The molecule has 0 aliphatic heterocycles. The Balaban J connectivity index is 2.67. The van der Waals surface area contributed by atoms with Crippen molar-refractivity contribution in [1.82, 2.24) is 10.3 Å². The first-order valence-electron chi connectivity index (χ1n) is 5.60.